The van der Waals surface area contributed by atoms with E-state index in [1.807, 2.05) is 0 Å². The Morgan fingerprint density at radius 2 is 1.71 bits per heavy atom. The highest BCUT2D eigenvalue weighted by Crippen LogP contribution is 2.46. The average Bonchev–Trinajstić information content (AvgIpc) is 2.37. The van der Waals surface area contributed by atoms with E-state index < -0.39 is 0 Å². The van der Waals surface area contributed by atoms with Crippen LogP contribution in [0.3, 0.4) is 0 Å². The van der Waals surface area contributed by atoms with Crippen LogP contribution in [0.15, 0.2) is 0 Å². The summed E-state index contributed by atoms with van der Waals surface area (Å²) < 4.78 is 6.01. The molecule has 2 aliphatic carbocycles. The van der Waals surface area contributed by atoms with E-state index in [4.69, 9.17) is 10.5 Å². The minimum absolute atomic E-state index is 0.273. The molecule has 2 N–H and O–H groups in total. The maximum Gasteiger partial charge on any atom is 0.0685 e. The van der Waals surface area contributed by atoms with Crippen LogP contribution >= 0.6 is 0 Å². The molecular formula is C15H27NO. The number of nitrogens with two attached hydrogens (primary N) is 1. The highest BCUT2D eigenvalue weighted by molar-refractivity contribution is 4.97. The number of hydrogen-bond acceptors (Lipinski definition) is 2. The van der Waals surface area contributed by atoms with E-state index in [9.17, 15) is 0 Å². The van der Waals surface area contributed by atoms with E-state index in [1.165, 1.54) is 64.2 Å². The van der Waals surface area contributed by atoms with Gasteiger partial charge in [-0.15, -0.1) is 0 Å². The van der Waals surface area contributed by atoms with Gasteiger partial charge in [0, 0.05) is 12.6 Å². The second-order valence-electron chi connectivity index (χ2n) is 6.61. The SMILES string of the molecule is NC(C1CCCCC1)C1CCOC2(CCC2)C1. The van der Waals surface area contributed by atoms with E-state index in [-0.39, 0.29) is 5.60 Å². The summed E-state index contributed by atoms with van der Waals surface area (Å²) in [6, 6.07) is 0.455. The van der Waals surface area contributed by atoms with Gasteiger partial charge in [-0.25, -0.2) is 0 Å². The molecule has 0 aromatic rings. The topological polar surface area (TPSA) is 35.2 Å². The molecule has 3 rings (SSSR count). The van der Waals surface area contributed by atoms with Gasteiger partial charge in [0.2, 0.25) is 0 Å². The lowest BCUT2D eigenvalue weighted by atomic mass is 9.67. The van der Waals surface area contributed by atoms with Crippen LogP contribution in [0.1, 0.15) is 64.2 Å². The summed E-state index contributed by atoms with van der Waals surface area (Å²) in [6.07, 6.45) is 13.4. The maximum atomic E-state index is 6.57. The van der Waals surface area contributed by atoms with Crippen LogP contribution in [0.2, 0.25) is 0 Å². The summed E-state index contributed by atoms with van der Waals surface area (Å²) in [5.41, 5.74) is 6.84. The fraction of sp³-hybridized carbons (Fsp3) is 1.00. The zero-order valence-electron chi connectivity index (χ0n) is 11.0. The van der Waals surface area contributed by atoms with Crippen LogP contribution in [0.5, 0.6) is 0 Å². The molecule has 1 saturated heterocycles. The summed E-state index contributed by atoms with van der Waals surface area (Å²) in [5, 5.41) is 0. The zero-order chi connectivity index (χ0) is 11.7. The fourth-order valence-corrected chi connectivity index (χ4v) is 4.22. The first-order valence-electron chi connectivity index (χ1n) is 7.69. The van der Waals surface area contributed by atoms with Gasteiger partial charge in [0.05, 0.1) is 5.60 Å². The molecule has 0 amide bonds. The van der Waals surface area contributed by atoms with Gasteiger partial charge in [0.25, 0.3) is 0 Å². The lowest BCUT2D eigenvalue weighted by molar-refractivity contribution is -0.148. The van der Waals surface area contributed by atoms with Crippen LogP contribution in [0.25, 0.3) is 0 Å². The summed E-state index contributed by atoms with van der Waals surface area (Å²) >= 11 is 0. The number of rotatable bonds is 2. The third kappa shape index (κ3) is 2.39. The highest BCUT2D eigenvalue weighted by atomic mass is 16.5. The Balaban J connectivity index is 1.58. The number of hydrogen-bond donors (Lipinski definition) is 1. The molecule has 2 nitrogen and oxygen atoms in total. The molecule has 17 heavy (non-hydrogen) atoms. The molecule has 2 unspecified atom stereocenters. The zero-order valence-corrected chi connectivity index (χ0v) is 11.0. The Morgan fingerprint density at radius 3 is 2.35 bits per heavy atom. The van der Waals surface area contributed by atoms with E-state index in [0.29, 0.717) is 6.04 Å². The first kappa shape index (κ1) is 12.0. The van der Waals surface area contributed by atoms with Crippen molar-refractivity contribution in [3.63, 3.8) is 0 Å². The Bertz CT molecular complexity index is 256. The van der Waals surface area contributed by atoms with E-state index in [0.717, 1.165) is 18.4 Å². The molecule has 0 bridgehead atoms. The Labute approximate surface area is 105 Å². The summed E-state index contributed by atoms with van der Waals surface area (Å²) in [6.45, 7) is 0.963. The molecule has 2 heteroatoms. The molecule has 0 aromatic heterocycles. The van der Waals surface area contributed by atoms with Gasteiger partial charge in [0.15, 0.2) is 0 Å². The molecular weight excluding hydrogens is 210 g/mol. The molecule has 1 spiro atoms. The van der Waals surface area contributed by atoms with Crippen molar-refractivity contribution in [1.82, 2.24) is 0 Å². The van der Waals surface area contributed by atoms with Gasteiger partial charge < -0.3 is 10.5 Å². The standard InChI is InChI=1S/C15H27NO/c16-14(12-5-2-1-3-6-12)13-7-10-17-15(11-13)8-4-9-15/h12-14H,1-11,16H2. The second-order valence-corrected chi connectivity index (χ2v) is 6.61. The van der Waals surface area contributed by atoms with Gasteiger partial charge in [-0.2, -0.15) is 0 Å². The van der Waals surface area contributed by atoms with Crippen LogP contribution < -0.4 is 5.73 Å². The van der Waals surface area contributed by atoms with Crippen LogP contribution in [0, 0.1) is 11.8 Å². The summed E-state index contributed by atoms with van der Waals surface area (Å²) in [7, 11) is 0. The van der Waals surface area contributed by atoms with Crippen molar-refractivity contribution >= 4 is 0 Å². The van der Waals surface area contributed by atoms with Gasteiger partial charge in [-0.1, -0.05) is 19.3 Å². The normalized spacial score (nSPS) is 35.5. The Morgan fingerprint density at radius 1 is 0.941 bits per heavy atom. The van der Waals surface area contributed by atoms with E-state index in [1.54, 1.807) is 0 Å². The van der Waals surface area contributed by atoms with E-state index >= 15 is 0 Å². The first-order valence-corrected chi connectivity index (χ1v) is 7.69. The molecule has 2 atom stereocenters. The van der Waals surface area contributed by atoms with Crippen molar-refractivity contribution in [2.24, 2.45) is 17.6 Å². The predicted octanol–water partition coefficient (Wildman–Crippen LogP) is 3.24. The van der Waals surface area contributed by atoms with Crippen molar-refractivity contribution in [2.45, 2.75) is 75.9 Å². The van der Waals surface area contributed by atoms with Gasteiger partial charge >= 0.3 is 0 Å². The van der Waals surface area contributed by atoms with Crippen molar-refractivity contribution in [3.8, 4) is 0 Å². The smallest absolute Gasteiger partial charge is 0.0685 e. The second kappa shape index (κ2) is 4.89. The molecule has 2 saturated carbocycles. The molecule has 3 fully saturated rings. The summed E-state index contributed by atoms with van der Waals surface area (Å²) in [4.78, 5) is 0. The molecule has 1 heterocycles. The Hall–Kier alpha value is -0.0800. The molecule has 3 aliphatic rings. The predicted molar refractivity (Wildman–Crippen MR) is 69.8 cm³/mol. The van der Waals surface area contributed by atoms with E-state index in [2.05, 4.69) is 0 Å². The highest BCUT2D eigenvalue weighted by Gasteiger charge is 2.44. The van der Waals surface area contributed by atoms with Gasteiger partial charge in [-0.3, -0.25) is 0 Å². The quantitative estimate of drug-likeness (QED) is 0.800. The monoisotopic (exact) mass is 237 g/mol. The van der Waals surface area contributed by atoms with Crippen LogP contribution in [-0.2, 0) is 4.74 Å². The maximum absolute atomic E-state index is 6.57. The van der Waals surface area contributed by atoms with Crippen LogP contribution in [0.4, 0.5) is 0 Å². The van der Waals surface area contributed by atoms with Crippen molar-refractivity contribution < 1.29 is 4.74 Å². The van der Waals surface area contributed by atoms with Crippen molar-refractivity contribution in [3.05, 3.63) is 0 Å². The first-order chi connectivity index (χ1) is 8.29. The average molecular weight is 237 g/mol. The number of ether oxygens (including phenoxy) is 1. The van der Waals surface area contributed by atoms with Gasteiger partial charge in [0.1, 0.15) is 0 Å². The van der Waals surface area contributed by atoms with Crippen molar-refractivity contribution in [2.75, 3.05) is 6.61 Å². The molecule has 0 aromatic carbocycles. The molecule has 0 radical (unpaired) electrons. The summed E-state index contributed by atoms with van der Waals surface area (Å²) in [5.74, 6) is 1.55. The fourth-order valence-electron chi connectivity index (χ4n) is 4.22. The largest absolute Gasteiger partial charge is 0.375 e. The molecule has 1 aliphatic heterocycles. The third-order valence-corrected chi connectivity index (χ3v) is 5.53. The lowest BCUT2D eigenvalue weighted by Crippen LogP contribution is -2.51. The third-order valence-electron chi connectivity index (χ3n) is 5.53. The van der Waals surface area contributed by atoms with Crippen LogP contribution in [-0.4, -0.2) is 18.2 Å². The molecule has 98 valence electrons. The minimum atomic E-state index is 0.273. The minimum Gasteiger partial charge on any atom is -0.375 e. The van der Waals surface area contributed by atoms with Gasteiger partial charge in [-0.05, 0) is 56.8 Å². The van der Waals surface area contributed by atoms with Crippen molar-refractivity contribution in [1.29, 1.82) is 0 Å². The lowest BCUT2D eigenvalue weighted by Gasteiger charge is -2.49. The Kier molecular flexibility index (Phi) is 3.45.